The van der Waals surface area contributed by atoms with Gasteiger partial charge in [0.05, 0.1) is 24.5 Å². The van der Waals surface area contributed by atoms with Gasteiger partial charge in [-0.25, -0.2) is 4.79 Å². The van der Waals surface area contributed by atoms with Gasteiger partial charge in [0.1, 0.15) is 5.75 Å². The van der Waals surface area contributed by atoms with Gasteiger partial charge in [0.15, 0.2) is 5.60 Å². The molecule has 0 spiro atoms. The minimum atomic E-state index is -2.74. The van der Waals surface area contributed by atoms with Crippen molar-refractivity contribution in [2.24, 2.45) is 0 Å². The summed E-state index contributed by atoms with van der Waals surface area (Å²) in [6, 6.07) is 28.8. The van der Waals surface area contributed by atoms with Crippen LogP contribution in [0, 0.1) is 0 Å². The van der Waals surface area contributed by atoms with Crippen LogP contribution in [0.25, 0.3) is 10.6 Å². The number of benzene rings is 3. The van der Waals surface area contributed by atoms with Crippen molar-refractivity contribution in [1.29, 1.82) is 0 Å². The Labute approximate surface area is 262 Å². The van der Waals surface area contributed by atoms with E-state index in [1.807, 2.05) is 60.7 Å². The van der Waals surface area contributed by atoms with E-state index in [9.17, 15) is 14.4 Å². The van der Waals surface area contributed by atoms with Gasteiger partial charge < -0.3 is 30.1 Å². The molecule has 234 valence electrons. The third kappa shape index (κ3) is 10.8. The zero-order valence-corrected chi connectivity index (χ0v) is 25.2. The van der Waals surface area contributed by atoms with E-state index in [-0.39, 0.29) is 0 Å². The van der Waals surface area contributed by atoms with Crippen molar-refractivity contribution in [3.63, 3.8) is 0 Å². The van der Waals surface area contributed by atoms with Crippen molar-refractivity contribution in [2.75, 3.05) is 26.2 Å². The van der Waals surface area contributed by atoms with Crippen molar-refractivity contribution in [3.8, 4) is 5.75 Å². The Morgan fingerprint density at radius 3 is 1.73 bits per heavy atom. The number of aliphatic carboxylic acids is 3. The molecule has 4 rings (SSSR count). The predicted molar refractivity (Wildman–Crippen MR) is 169 cm³/mol. The summed E-state index contributed by atoms with van der Waals surface area (Å²) in [5.74, 6) is -4.11. The number of carboxylic acids is 3. The van der Waals surface area contributed by atoms with E-state index in [2.05, 4.69) is 29.2 Å². The summed E-state index contributed by atoms with van der Waals surface area (Å²) in [7, 11) is 0. The molecular formula is C34H38ClNO8. The molecule has 3 aromatic rings. The Balaban J connectivity index is 0.000000345. The molecule has 44 heavy (non-hydrogen) atoms. The Hall–Kier alpha value is -4.18. The Morgan fingerprint density at radius 2 is 1.23 bits per heavy atom. The van der Waals surface area contributed by atoms with Gasteiger partial charge in [0.2, 0.25) is 0 Å². The van der Waals surface area contributed by atoms with E-state index in [4.69, 9.17) is 36.8 Å². The second-order valence-corrected chi connectivity index (χ2v) is 10.9. The summed E-state index contributed by atoms with van der Waals surface area (Å²) in [6.07, 6.45) is 2.72. The average molecular weight is 624 g/mol. The highest BCUT2D eigenvalue weighted by Crippen LogP contribution is 2.35. The highest BCUT2D eigenvalue weighted by molar-refractivity contribution is 6.53. The summed E-state index contributed by atoms with van der Waals surface area (Å²) in [5, 5.41) is 34.6. The maximum Gasteiger partial charge on any atom is 0.336 e. The number of carbonyl (C=O) groups is 3. The monoisotopic (exact) mass is 623 g/mol. The number of hydrogen-bond donors (Lipinski definition) is 4. The minimum absolute atomic E-state index is 0.752. The van der Waals surface area contributed by atoms with Crippen molar-refractivity contribution in [2.45, 2.75) is 44.1 Å². The third-order valence-corrected chi connectivity index (χ3v) is 7.48. The minimum Gasteiger partial charge on any atom is -0.494 e. The number of likely N-dealkylation sites (tertiary alicyclic amines) is 1. The molecule has 0 radical (unpaired) electrons. The van der Waals surface area contributed by atoms with Crippen LogP contribution < -0.4 is 4.74 Å². The maximum atomic E-state index is 10.3. The number of hydrogen-bond acceptors (Lipinski definition) is 6. The Kier molecular flexibility index (Phi) is 13.4. The summed E-state index contributed by atoms with van der Waals surface area (Å²) in [5.41, 5.74) is 1.50. The van der Waals surface area contributed by atoms with Crippen molar-refractivity contribution >= 4 is 40.1 Å². The molecule has 1 fully saturated rings. The number of aliphatic hydroxyl groups is 1. The second kappa shape index (κ2) is 17.2. The topological polar surface area (TPSA) is 145 Å². The van der Waals surface area contributed by atoms with Crippen LogP contribution in [0.4, 0.5) is 0 Å². The van der Waals surface area contributed by atoms with Crippen LogP contribution in [0.5, 0.6) is 5.75 Å². The second-order valence-electron chi connectivity index (χ2n) is 10.5. The molecule has 0 aliphatic carbocycles. The van der Waals surface area contributed by atoms with Gasteiger partial charge in [-0.1, -0.05) is 84.4 Å². The normalized spacial score (nSPS) is 13.8. The first-order chi connectivity index (χ1) is 21.1. The van der Waals surface area contributed by atoms with Crippen LogP contribution in [-0.4, -0.2) is 75.1 Å². The number of unbranched alkanes of at least 4 members (excludes halogenated alkanes) is 1. The van der Waals surface area contributed by atoms with Gasteiger partial charge >= 0.3 is 17.9 Å². The predicted octanol–water partition coefficient (Wildman–Crippen LogP) is 5.85. The summed E-state index contributed by atoms with van der Waals surface area (Å²) < 4.78 is 5.99. The fourth-order valence-electron chi connectivity index (χ4n) is 4.82. The zero-order valence-electron chi connectivity index (χ0n) is 24.4. The standard InChI is InChI=1S/C28H30ClNO.C6H8O7/c29-28(25-13-5-2-6-14-25)27(23-11-3-1-4-12-23)24-15-17-26(18-16-24)31-22-10-9-21-30-19-7-8-20-30;7-3(8)1-6(13,5(11)12)2-4(9)10/h1-6,11-18H,7-10,19-22H2;13H,1-2H2,(H,7,8)(H,9,10)(H,11,12)/b28-27-;. The lowest BCUT2D eigenvalue weighted by atomic mass is 9.95. The summed E-state index contributed by atoms with van der Waals surface area (Å²) in [6.45, 7) is 4.50. The Morgan fingerprint density at radius 1 is 0.727 bits per heavy atom. The third-order valence-electron chi connectivity index (χ3n) is 7.07. The Bertz CT molecular complexity index is 1370. The molecule has 1 heterocycles. The fourth-order valence-corrected chi connectivity index (χ4v) is 5.16. The first-order valence-corrected chi connectivity index (χ1v) is 14.8. The molecule has 0 aromatic heterocycles. The number of rotatable bonds is 14. The smallest absolute Gasteiger partial charge is 0.336 e. The van der Waals surface area contributed by atoms with Gasteiger partial charge in [-0.05, 0) is 74.1 Å². The molecule has 0 bridgehead atoms. The maximum absolute atomic E-state index is 10.3. The molecule has 0 saturated carbocycles. The van der Waals surface area contributed by atoms with Crippen LogP contribution in [0.3, 0.4) is 0 Å². The van der Waals surface area contributed by atoms with Gasteiger partial charge in [-0.15, -0.1) is 0 Å². The summed E-state index contributed by atoms with van der Waals surface area (Å²) >= 11 is 6.90. The number of nitrogens with zero attached hydrogens (tertiary/aromatic N) is 1. The van der Waals surface area contributed by atoms with E-state index in [0.717, 1.165) is 46.1 Å². The molecule has 9 nitrogen and oxygen atoms in total. The SMILES string of the molecule is Cl/C(=C(/c1ccccc1)c1ccc(OCCCCN2CCCC2)cc1)c1ccccc1.O=C(O)CC(O)(CC(=O)O)C(=O)O. The van der Waals surface area contributed by atoms with Crippen LogP contribution in [0.15, 0.2) is 84.9 Å². The quantitative estimate of drug-likeness (QED) is 0.128. The average Bonchev–Trinajstić information content (AvgIpc) is 3.52. The molecule has 1 saturated heterocycles. The van der Waals surface area contributed by atoms with E-state index in [1.54, 1.807) is 0 Å². The van der Waals surface area contributed by atoms with E-state index in [1.165, 1.54) is 38.9 Å². The largest absolute Gasteiger partial charge is 0.494 e. The van der Waals surface area contributed by atoms with Gasteiger partial charge in [-0.2, -0.15) is 0 Å². The van der Waals surface area contributed by atoms with Crippen molar-refractivity contribution < 1.29 is 39.5 Å². The van der Waals surface area contributed by atoms with E-state index in [0.29, 0.717) is 0 Å². The molecule has 4 N–H and O–H groups in total. The molecule has 10 heteroatoms. The van der Waals surface area contributed by atoms with Gasteiger partial charge in [0, 0.05) is 5.57 Å². The van der Waals surface area contributed by atoms with Crippen molar-refractivity contribution in [3.05, 3.63) is 102 Å². The molecule has 1 aliphatic rings. The number of halogens is 1. The van der Waals surface area contributed by atoms with Crippen LogP contribution in [0.1, 0.15) is 55.2 Å². The first kappa shape index (κ1) is 34.3. The lowest BCUT2D eigenvalue weighted by Gasteiger charge is -2.18. The van der Waals surface area contributed by atoms with Gasteiger partial charge in [-0.3, -0.25) is 9.59 Å². The van der Waals surface area contributed by atoms with E-state index < -0.39 is 36.4 Å². The van der Waals surface area contributed by atoms with Gasteiger partial charge in [0.25, 0.3) is 0 Å². The zero-order chi connectivity index (χ0) is 32.0. The molecular weight excluding hydrogens is 586 g/mol. The van der Waals surface area contributed by atoms with Crippen LogP contribution in [0.2, 0.25) is 0 Å². The molecule has 0 unspecified atom stereocenters. The first-order valence-electron chi connectivity index (χ1n) is 14.4. The molecule has 3 aromatic carbocycles. The van der Waals surface area contributed by atoms with Crippen LogP contribution >= 0.6 is 11.6 Å². The van der Waals surface area contributed by atoms with Crippen LogP contribution in [-0.2, 0) is 14.4 Å². The lowest BCUT2D eigenvalue weighted by molar-refractivity contribution is -0.170. The fraction of sp³-hybridized carbons (Fsp3) is 0.324. The molecule has 1 aliphatic heterocycles. The highest BCUT2D eigenvalue weighted by atomic mass is 35.5. The summed E-state index contributed by atoms with van der Waals surface area (Å²) in [4.78, 5) is 33.0. The molecule has 0 atom stereocenters. The van der Waals surface area contributed by atoms with E-state index >= 15 is 0 Å². The lowest BCUT2D eigenvalue weighted by Crippen LogP contribution is -2.42. The van der Waals surface area contributed by atoms with Crippen molar-refractivity contribution in [1.82, 2.24) is 4.90 Å². The highest BCUT2D eigenvalue weighted by Gasteiger charge is 2.40. The number of carboxylic acid groups (broad SMARTS) is 3. The molecule has 0 amide bonds. The number of ether oxygens (including phenoxy) is 1.